The number of fused-ring (bicyclic) bond motifs is 2. The van der Waals surface area contributed by atoms with E-state index in [-0.39, 0.29) is 42.6 Å². The number of amides is 1. The Morgan fingerprint density at radius 2 is 1.77 bits per heavy atom. The maximum atomic E-state index is 13.9. The second-order valence-electron chi connectivity index (χ2n) is 6.94. The molecule has 0 saturated carbocycles. The number of nitrogens with zero attached hydrogens (tertiary/aromatic N) is 1. The Morgan fingerprint density at radius 1 is 1.10 bits per heavy atom. The smallest absolute Gasteiger partial charge is 0.341 e. The lowest BCUT2D eigenvalue weighted by atomic mass is 9.67. The molecule has 0 radical (unpaired) electrons. The van der Waals surface area contributed by atoms with Crippen molar-refractivity contribution in [1.29, 1.82) is 0 Å². The summed E-state index contributed by atoms with van der Waals surface area (Å²) in [6, 6.07) is 6.95. The van der Waals surface area contributed by atoms with E-state index in [1.807, 2.05) is 0 Å². The molecule has 2 N–H and O–H groups in total. The molecule has 0 bridgehead atoms. The fraction of sp³-hybridized carbons (Fsp3) is 0.409. The topological polar surface area (TPSA) is 117 Å². The Kier molecular flexibility index (Phi) is 6.35. The van der Waals surface area contributed by atoms with Gasteiger partial charge in [-0.1, -0.05) is 18.2 Å². The Bertz CT molecular complexity index is 982. The van der Waals surface area contributed by atoms with Crippen LogP contribution in [0.15, 0.2) is 47.1 Å². The third kappa shape index (κ3) is 3.34. The zero-order valence-electron chi connectivity index (χ0n) is 18.0. The largest absolute Gasteiger partial charge is 0.462 e. The summed E-state index contributed by atoms with van der Waals surface area (Å²) in [5.41, 5.74) is 4.96. The maximum Gasteiger partial charge on any atom is 0.341 e. The number of benzene rings is 1. The van der Waals surface area contributed by atoms with Gasteiger partial charge in [0.25, 0.3) is 0 Å². The van der Waals surface area contributed by atoms with Crippen LogP contribution < -0.4 is 10.6 Å². The van der Waals surface area contributed by atoms with Gasteiger partial charge in [-0.2, -0.15) is 0 Å². The number of para-hydroxylation sites is 1. The molecule has 2 heterocycles. The van der Waals surface area contributed by atoms with Crippen molar-refractivity contribution in [3.63, 3.8) is 0 Å². The van der Waals surface area contributed by atoms with E-state index in [4.69, 9.17) is 24.7 Å². The second-order valence-corrected chi connectivity index (χ2v) is 6.94. The summed E-state index contributed by atoms with van der Waals surface area (Å²) in [5.74, 6) is -2.34. The molecule has 1 amide bonds. The summed E-state index contributed by atoms with van der Waals surface area (Å²) in [5, 5.41) is 0. The number of likely N-dealkylation sites (N-methyl/N-ethyl adjacent to an activating group) is 1. The molecule has 2 aliphatic heterocycles. The number of nitrogens with two attached hydrogens (primary N) is 1. The first-order chi connectivity index (χ1) is 14.9. The van der Waals surface area contributed by atoms with Gasteiger partial charge in [-0.15, -0.1) is 0 Å². The summed E-state index contributed by atoms with van der Waals surface area (Å²) in [7, 11) is 1.47. The molecule has 1 unspecified atom stereocenters. The van der Waals surface area contributed by atoms with Crippen LogP contribution in [0.2, 0.25) is 0 Å². The Labute approximate surface area is 180 Å². The zero-order valence-corrected chi connectivity index (χ0v) is 18.0. The number of hydrogen-bond acceptors (Lipinski definition) is 8. The van der Waals surface area contributed by atoms with Crippen LogP contribution in [-0.4, -0.2) is 51.3 Å². The molecule has 0 saturated heterocycles. The lowest BCUT2D eigenvalue weighted by Gasteiger charge is -2.36. The number of esters is 2. The normalized spacial score (nSPS) is 20.1. The maximum absolute atomic E-state index is 13.9. The molecular formula is C22H26N2O7. The van der Waals surface area contributed by atoms with Gasteiger partial charge >= 0.3 is 11.9 Å². The standard InChI is InChI=1S/C22H26N2O7/c1-5-24-15-10-8-7-9-14(15)22(21(24)27)16(19(25)30-12-11-28-4)13(3)31-18(23)17(22)20(26)29-6-2/h7-10H,5-6,11-12,23H2,1-4H3. The van der Waals surface area contributed by atoms with Crippen LogP contribution in [0.25, 0.3) is 0 Å². The zero-order chi connectivity index (χ0) is 22.8. The molecule has 3 rings (SSSR count). The van der Waals surface area contributed by atoms with Gasteiger partial charge in [0.1, 0.15) is 28.9 Å². The summed E-state index contributed by atoms with van der Waals surface area (Å²) < 4.78 is 21.1. The molecule has 166 valence electrons. The lowest BCUT2D eigenvalue weighted by Crippen LogP contribution is -2.51. The molecule has 0 aromatic heterocycles. The van der Waals surface area contributed by atoms with Crippen molar-refractivity contribution in [3.05, 3.63) is 52.6 Å². The van der Waals surface area contributed by atoms with E-state index < -0.39 is 23.3 Å². The first kappa shape index (κ1) is 22.4. The van der Waals surface area contributed by atoms with E-state index in [9.17, 15) is 14.4 Å². The van der Waals surface area contributed by atoms with Crippen molar-refractivity contribution in [1.82, 2.24) is 0 Å². The van der Waals surface area contributed by atoms with E-state index in [1.54, 1.807) is 38.1 Å². The van der Waals surface area contributed by atoms with E-state index in [1.165, 1.54) is 18.9 Å². The first-order valence-electron chi connectivity index (χ1n) is 10.00. The minimum absolute atomic E-state index is 0.0382. The van der Waals surface area contributed by atoms with Crippen LogP contribution in [0.5, 0.6) is 0 Å². The molecule has 1 aromatic carbocycles. The monoisotopic (exact) mass is 430 g/mol. The predicted octanol–water partition coefficient (Wildman–Crippen LogP) is 1.52. The van der Waals surface area contributed by atoms with Crippen LogP contribution in [0.4, 0.5) is 5.69 Å². The highest BCUT2D eigenvalue weighted by Crippen LogP contribution is 2.54. The van der Waals surface area contributed by atoms with Gasteiger partial charge < -0.3 is 29.6 Å². The van der Waals surface area contributed by atoms with E-state index in [0.29, 0.717) is 17.8 Å². The van der Waals surface area contributed by atoms with E-state index in [0.717, 1.165) is 0 Å². The second kappa shape index (κ2) is 8.81. The van der Waals surface area contributed by atoms with Crippen LogP contribution in [0, 0.1) is 0 Å². The number of carbonyl (C=O) groups is 3. The van der Waals surface area contributed by atoms with Gasteiger partial charge in [0.05, 0.1) is 13.2 Å². The minimum atomic E-state index is -1.84. The summed E-state index contributed by atoms with van der Waals surface area (Å²) in [6.45, 7) is 5.44. The van der Waals surface area contributed by atoms with Gasteiger partial charge in [-0.3, -0.25) is 4.79 Å². The summed E-state index contributed by atoms with van der Waals surface area (Å²) in [6.07, 6.45) is 0. The van der Waals surface area contributed by atoms with Crippen molar-refractivity contribution in [3.8, 4) is 0 Å². The molecule has 0 aliphatic carbocycles. The Balaban J connectivity index is 2.32. The minimum Gasteiger partial charge on any atom is -0.462 e. The van der Waals surface area contributed by atoms with Crippen molar-refractivity contribution in [2.24, 2.45) is 5.73 Å². The third-order valence-electron chi connectivity index (χ3n) is 5.30. The summed E-state index contributed by atoms with van der Waals surface area (Å²) >= 11 is 0. The van der Waals surface area contributed by atoms with Crippen LogP contribution in [-0.2, 0) is 38.7 Å². The number of methoxy groups -OCH3 is 1. The van der Waals surface area contributed by atoms with Gasteiger partial charge in [0.2, 0.25) is 11.8 Å². The number of rotatable bonds is 7. The van der Waals surface area contributed by atoms with Crippen LogP contribution in [0.3, 0.4) is 0 Å². The van der Waals surface area contributed by atoms with Gasteiger partial charge in [0, 0.05) is 24.9 Å². The number of hydrogen-bond donors (Lipinski definition) is 1. The number of allylic oxidation sites excluding steroid dienone is 1. The molecule has 1 atom stereocenters. The molecule has 1 spiro atoms. The molecule has 9 nitrogen and oxygen atoms in total. The number of ether oxygens (including phenoxy) is 4. The first-order valence-corrected chi connectivity index (χ1v) is 10.00. The average Bonchev–Trinajstić information content (AvgIpc) is 2.96. The fourth-order valence-electron chi connectivity index (χ4n) is 4.13. The van der Waals surface area contributed by atoms with Crippen molar-refractivity contribution < 1.29 is 33.3 Å². The Hall–Kier alpha value is -3.33. The lowest BCUT2D eigenvalue weighted by molar-refractivity contribution is -0.144. The van der Waals surface area contributed by atoms with Crippen molar-refractivity contribution in [2.45, 2.75) is 26.2 Å². The molecule has 0 fully saturated rings. The quantitative estimate of drug-likeness (QED) is 0.511. The molecule has 9 heteroatoms. The highest BCUT2D eigenvalue weighted by Gasteiger charge is 2.63. The predicted molar refractivity (Wildman–Crippen MR) is 111 cm³/mol. The molecular weight excluding hydrogens is 404 g/mol. The molecule has 2 aliphatic rings. The molecule has 31 heavy (non-hydrogen) atoms. The third-order valence-corrected chi connectivity index (χ3v) is 5.30. The van der Waals surface area contributed by atoms with Gasteiger partial charge in [-0.05, 0) is 26.8 Å². The highest BCUT2D eigenvalue weighted by molar-refractivity contribution is 6.22. The van der Waals surface area contributed by atoms with E-state index in [2.05, 4.69) is 0 Å². The highest BCUT2D eigenvalue weighted by atomic mass is 16.6. The number of carbonyl (C=O) groups excluding carboxylic acids is 3. The number of anilines is 1. The van der Waals surface area contributed by atoms with Gasteiger partial charge in [0.15, 0.2) is 0 Å². The SMILES string of the molecule is CCOC(=O)C1=C(N)OC(C)=C(C(=O)OCCOC)C12C(=O)N(CC)c1ccccc12. The Morgan fingerprint density at radius 3 is 2.42 bits per heavy atom. The molecule has 1 aromatic rings. The van der Waals surface area contributed by atoms with Crippen LogP contribution >= 0.6 is 0 Å². The van der Waals surface area contributed by atoms with E-state index >= 15 is 0 Å². The van der Waals surface area contributed by atoms with Crippen molar-refractivity contribution >= 4 is 23.5 Å². The summed E-state index contributed by atoms with van der Waals surface area (Å²) in [4.78, 5) is 41.7. The van der Waals surface area contributed by atoms with Gasteiger partial charge in [-0.25, -0.2) is 9.59 Å². The van der Waals surface area contributed by atoms with Crippen LogP contribution in [0.1, 0.15) is 26.3 Å². The van der Waals surface area contributed by atoms with Crippen molar-refractivity contribution in [2.75, 3.05) is 38.4 Å². The average molecular weight is 430 g/mol. The fourth-order valence-corrected chi connectivity index (χ4v) is 4.13.